The van der Waals surface area contributed by atoms with Gasteiger partial charge in [0.1, 0.15) is 16.8 Å². The molecule has 1 heterocycles. The second-order valence-electron chi connectivity index (χ2n) is 7.68. The van der Waals surface area contributed by atoms with E-state index in [1.165, 1.54) is 11.3 Å². The number of thiazole rings is 1. The standard InChI is InChI=1S/C24H23N3O3S2/c1-4-32(28,29)27-21-10-9-18-19(21)6-5-7-20(18)23-14-26-24(31-23)16-8-11-22(30-15(2)3)17(12-16)13-25/h5-8,10-12,14-15,27H,4,9H2,1-3H3. The average molecular weight is 466 g/mol. The molecule has 0 spiro atoms. The van der Waals surface area contributed by atoms with E-state index in [4.69, 9.17) is 4.74 Å². The van der Waals surface area contributed by atoms with Crippen LogP contribution in [0, 0.1) is 11.3 Å². The van der Waals surface area contributed by atoms with Crippen LogP contribution >= 0.6 is 11.3 Å². The van der Waals surface area contributed by atoms with Gasteiger partial charge in [-0.2, -0.15) is 5.26 Å². The van der Waals surface area contributed by atoms with E-state index in [2.05, 4.69) is 15.8 Å². The first-order valence-electron chi connectivity index (χ1n) is 10.3. The van der Waals surface area contributed by atoms with Gasteiger partial charge in [0.05, 0.1) is 28.0 Å². The Kier molecular flexibility index (Phi) is 6.04. The number of allylic oxidation sites excluding steroid dienone is 1. The monoisotopic (exact) mass is 465 g/mol. The molecule has 32 heavy (non-hydrogen) atoms. The lowest BCUT2D eigenvalue weighted by Crippen LogP contribution is -2.23. The third-order valence-corrected chi connectivity index (χ3v) is 7.47. The van der Waals surface area contributed by atoms with Crippen molar-refractivity contribution in [2.75, 3.05) is 5.75 Å². The number of fused-ring (bicyclic) bond motifs is 1. The SMILES string of the molecule is CCS(=O)(=O)NC1=CCc2c1cccc2-c1cnc(-c2ccc(OC(C)C)c(C#N)c2)s1. The minimum Gasteiger partial charge on any atom is -0.490 e. The summed E-state index contributed by atoms with van der Waals surface area (Å²) in [5, 5.41) is 10.3. The highest BCUT2D eigenvalue weighted by atomic mass is 32.2. The van der Waals surface area contributed by atoms with Crippen LogP contribution in [0.3, 0.4) is 0 Å². The Balaban J connectivity index is 1.65. The zero-order valence-corrected chi connectivity index (χ0v) is 19.7. The van der Waals surface area contributed by atoms with Gasteiger partial charge in [0.25, 0.3) is 0 Å². The van der Waals surface area contributed by atoms with Crippen molar-refractivity contribution in [2.24, 2.45) is 0 Å². The largest absolute Gasteiger partial charge is 0.490 e. The van der Waals surface area contributed by atoms with Crippen LogP contribution in [-0.4, -0.2) is 25.3 Å². The van der Waals surface area contributed by atoms with Gasteiger partial charge in [0.2, 0.25) is 10.0 Å². The zero-order valence-electron chi connectivity index (χ0n) is 18.0. The van der Waals surface area contributed by atoms with E-state index in [9.17, 15) is 13.7 Å². The van der Waals surface area contributed by atoms with E-state index in [0.717, 1.165) is 32.1 Å². The van der Waals surface area contributed by atoms with Crippen LogP contribution < -0.4 is 9.46 Å². The minimum atomic E-state index is -3.34. The third kappa shape index (κ3) is 4.40. The molecule has 0 saturated heterocycles. The molecule has 4 rings (SSSR count). The molecule has 0 radical (unpaired) electrons. The number of aromatic nitrogens is 1. The fourth-order valence-electron chi connectivity index (χ4n) is 3.58. The molecule has 6 nitrogen and oxygen atoms in total. The maximum absolute atomic E-state index is 12.0. The third-order valence-electron chi connectivity index (χ3n) is 5.10. The molecule has 2 aromatic carbocycles. The summed E-state index contributed by atoms with van der Waals surface area (Å²) in [6.45, 7) is 5.47. The predicted molar refractivity (Wildman–Crippen MR) is 128 cm³/mol. The van der Waals surface area contributed by atoms with E-state index in [1.54, 1.807) is 13.0 Å². The molecule has 0 saturated carbocycles. The number of rotatable bonds is 7. The molecule has 1 aliphatic rings. The van der Waals surface area contributed by atoms with Crippen LogP contribution in [0.2, 0.25) is 0 Å². The molecule has 0 atom stereocenters. The summed E-state index contributed by atoms with van der Waals surface area (Å²) in [6, 6.07) is 13.6. The second-order valence-corrected chi connectivity index (χ2v) is 10.7. The highest BCUT2D eigenvalue weighted by Crippen LogP contribution is 2.39. The van der Waals surface area contributed by atoms with Gasteiger partial charge < -0.3 is 4.74 Å². The number of nitrogens with zero attached hydrogens (tertiary/aromatic N) is 2. The van der Waals surface area contributed by atoms with Crippen molar-refractivity contribution in [2.45, 2.75) is 33.3 Å². The summed E-state index contributed by atoms with van der Waals surface area (Å²) in [5.74, 6) is 0.598. The summed E-state index contributed by atoms with van der Waals surface area (Å²) in [4.78, 5) is 5.58. The molecule has 0 aliphatic heterocycles. The number of hydrogen-bond acceptors (Lipinski definition) is 6. The average Bonchev–Trinajstić information content (AvgIpc) is 3.41. The summed E-state index contributed by atoms with van der Waals surface area (Å²) < 4.78 is 32.4. The predicted octanol–water partition coefficient (Wildman–Crippen LogP) is 4.97. The summed E-state index contributed by atoms with van der Waals surface area (Å²) in [5.41, 5.74) is 4.98. The molecule has 8 heteroatoms. The highest BCUT2D eigenvalue weighted by Gasteiger charge is 2.22. The number of ether oxygens (including phenoxy) is 1. The molecule has 0 unspecified atom stereocenters. The first kappa shape index (κ1) is 22.1. The normalized spacial score (nSPS) is 12.9. The Morgan fingerprint density at radius 3 is 2.75 bits per heavy atom. The van der Waals surface area contributed by atoms with Crippen molar-refractivity contribution in [1.29, 1.82) is 5.26 Å². The molecule has 164 valence electrons. The van der Waals surface area contributed by atoms with Crippen molar-refractivity contribution in [3.63, 3.8) is 0 Å². The number of nitriles is 1. The lowest BCUT2D eigenvalue weighted by atomic mass is 10.0. The smallest absolute Gasteiger partial charge is 0.232 e. The first-order chi connectivity index (χ1) is 15.3. The maximum Gasteiger partial charge on any atom is 0.232 e. The Hall–Kier alpha value is -3.15. The Bertz CT molecular complexity index is 1350. The van der Waals surface area contributed by atoms with Crippen LogP contribution in [0.4, 0.5) is 0 Å². The Morgan fingerprint density at radius 2 is 2.03 bits per heavy atom. The number of nitrogens with one attached hydrogen (secondary N) is 1. The molecular formula is C24H23N3O3S2. The van der Waals surface area contributed by atoms with Crippen molar-refractivity contribution in [3.05, 3.63) is 65.4 Å². The maximum atomic E-state index is 12.0. The van der Waals surface area contributed by atoms with Crippen LogP contribution in [0.15, 0.2) is 48.7 Å². The molecule has 1 aliphatic carbocycles. The van der Waals surface area contributed by atoms with E-state index in [0.29, 0.717) is 23.4 Å². The van der Waals surface area contributed by atoms with Crippen molar-refractivity contribution >= 4 is 27.1 Å². The van der Waals surface area contributed by atoms with Gasteiger partial charge >= 0.3 is 0 Å². The Labute approximate surface area is 192 Å². The van der Waals surface area contributed by atoms with Crippen LogP contribution in [-0.2, 0) is 16.4 Å². The molecule has 1 N–H and O–H groups in total. The molecule has 3 aromatic rings. The molecular weight excluding hydrogens is 442 g/mol. The lowest BCUT2D eigenvalue weighted by molar-refractivity contribution is 0.242. The van der Waals surface area contributed by atoms with Crippen molar-refractivity contribution in [1.82, 2.24) is 9.71 Å². The topological polar surface area (TPSA) is 92.1 Å². The van der Waals surface area contributed by atoms with Gasteiger partial charge in [-0.05, 0) is 56.5 Å². The zero-order chi connectivity index (χ0) is 22.9. The van der Waals surface area contributed by atoms with Gasteiger partial charge in [0.15, 0.2) is 0 Å². The van der Waals surface area contributed by atoms with Gasteiger partial charge in [-0.15, -0.1) is 11.3 Å². The Morgan fingerprint density at radius 1 is 1.25 bits per heavy atom. The molecule has 0 bridgehead atoms. The minimum absolute atomic E-state index is 0.0140. The van der Waals surface area contributed by atoms with E-state index in [1.807, 2.05) is 56.5 Å². The van der Waals surface area contributed by atoms with Crippen molar-refractivity contribution in [3.8, 4) is 32.8 Å². The van der Waals surface area contributed by atoms with E-state index >= 15 is 0 Å². The van der Waals surface area contributed by atoms with Gasteiger partial charge in [-0.3, -0.25) is 4.72 Å². The summed E-state index contributed by atoms with van der Waals surface area (Å²) >= 11 is 1.54. The molecule has 1 aromatic heterocycles. The van der Waals surface area contributed by atoms with Crippen LogP contribution in [0.5, 0.6) is 5.75 Å². The fraction of sp³-hybridized carbons (Fsp3) is 0.250. The fourth-order valence-corrected chi connectivity index (χ4v) is 5.22. The number of hydrogen-bond donors (Lipinski definition) is 1. The second kappa shape index (κ2) is 8.77. The van der Waals surface area contributed by atoms with Crippen LogP contribution in [0.1, 0.15) is 37.5 Å². The van der Waals surface area contributed by atoms with E-state index in [-0.39, 0.29) is 11.9 Å². The molecule has 0 fully saturated rings. The van der Waals surface area contributed by atoms with Gasteiger partial charge in [-0.1, -0.05) is 24.3 Å². The van der Waals surface area contributed by atoms with Crippen LogP contribution in [0.25, 0.3) is 26.7 Å². The quantitative estimate of drug-likeness (QED) is 0.532. The number of benzene rings is 2. The highest BCUT2D eigenvalue weighted by molar-refractivity contribution is 7.89. The summed E-state index contributed by atoms with van der Waals surface area (Å²) in [6.07, 6.45) is 4.38. The van der Waals surface area contributed by atoms with Gasteiger partial charge in [-0.25, -0.2) is 13.4 Å². The first-order valence-corrected chi connectivity index (χ1v) is 12.8. The van der Waals surface area contributed by atoms with Gasteiger partial charge in [0, 0.05) is 17.3 Å². The van der Waals surface area contributed by atoms with Crippen molar-refractivity contribution < 1.29 is 13.2 Å². The van der Waals surface area contributed by atoms with E-state index < -0.39 is 10.0 Å². The molecule has 0 amide bonds. The summed E-state index contributed by atoms with van der Waals surface area (Å²) in [7, 11) is -3.34. The lowest BCUT2D eigenvalue weighted by Gasteiger charge is -2.11. The number of sulfonamides is 1.